The number of nitrogens with one attached hydrogen (secondary N) is 1. The number of halogens is 1. The standard InChI is InChI=1S/C20H20ClN3O3S2/c1-15(25)23-12-10-19-8-9-20(28-19)29(26,27)24(14-16-3-2-11-22-13-16)18-6-4-17(21)5-7-18/h2-9,11,13H,10,12,14H2,1H3,(H,23,25). The van der Waals surface area contributed by atoms with Crippen LogP contribution in [-0.4, -0.2) is 25.9 Å². The summed E-state index contributed by atoms with van der Waals surface area (Å²) in [5, 5.41) is 3.25. The van der Waals surface area contributed by atoms with E-state index in [4.69, 9.17) is 11.6 Å². The summed E-state index contributed by atoms with van der Waals surface area (Å²) in [7, 11) is -3.79. The van der Waals surface area contributed by atoms with Crippen LogP contribution in [0.25, 0.3) is 0 Å². The van der Waals surface area contributed by atoms with E-state index >= 15 is 0 Å². The first-order valence-electron chi connectivity index (χ1n) is 8.86. The maximum absolute atomic E-state index is 13.4. The molecule has 1 amide bonds. The average molecular weight is 450 g/mol. The Hall–Kier alpha value is -2.42. The number of carbonyl (C=O) groups is 1. The van der Waals surface area contributed by atoms with E-state index < -0.39 is 10.0 Å². The fourth-order valence-corrected chi connectivity index (χ4v) is 5.73. The number of nitrogens with zero attached hydrogens (tertiary/aromatic N) is 2. The third-order valence-electron chi connectivity index (χ3n) is 4.09. The third kappa shape index (κ3) is 5.56. The van der Waals surface area contributed by atoms with E-state index in [-0.39, 0.29) is 16.7 Å². The Morgan fingerprint density at radius 3 is 2.59 bits per heavy atom. The van der Waals surface area contributed by atoms with Crippen LogP contribution in [0.5, 0.6) is 0 Å². The lowest BCUT2D eigenvalue weighted by Gasteiger charge is -2.24. The number of carbonyl (C=O) groups excluding carboxylic acids is 1. The number of benzene rings is 1. The van der Waals surface area contributed by atoms with E-state index in [1.54, 1.807) is 54.9 Å². The maximum Gasteiger partial charge on any atom is 0.274 e. The van der Waals surface area contributed by atoms with Gasteiger partial charge in [-0.2, -0.15) is 0 Å². The molecule has 0 atom stereocenters. The van der Waals surface area contributed by atoms with E-state index in [1.165, 1.54) is 22.6 Å². The number of anilines is 1. The first kappa shape index (κ1) is 21.3. The van der Waals surface area contributed by atoms with Crippen LogP contribution in [0.15, 0.2) is 65.1 Å². The molecule has 0 aliphatic rings. The van der Waals surface area contributed by atoms with Crippen molar-refractivity contribution in [3.8, 4) is 0 Å². The molecule has 0 aliphatic heterocycles. The van der Waals surface area contributed by atoms with Crippen molar-refractivity contribution in [1.29, 1.82) is 0 Å². The van der Waals surface area contributed by atoms with E-state index in [9.17, 15) is 13.2 Å². The monoisotopic (exact) mass is 449 g/mol. The zero-order chi connectivity index (χ0) is 20.9. The average Bonchev–Trinajstić information content (AvgIpc) is 3.17. The van der Waals surface area contributed by atoms with Crippen molar-refractivity contribution in [3.05, 3.63) is 76.4 Å². The van der Waals surface area contributed by atoms with Crippen LogP contribution in [0.1, 0.15) is 17.4 Å². The molecule has 3 aromatic rings. The SMILES string of the molecule is CC(=O)NCCc1ccc(S(=O)(=O)N(Cc2cccnc2)c2ccc(Cl)cc2)s1. The predicted octanol–water partition coefficient (Wildman–Crippen LogP) is 3.87. The largest absolute Gasteiger partial charge is 0.356 e. The highest BCUT2D eigenvalue weighted by molar-refractivity contribution is 7.94. The fraction of sp³-hybridized carbons (Fsp3) is 0.200. The number of amides is 1. The third-order valence-corrected chi connectivity index (χ3v) is 7.73. The van der Waals surface area contributed by atoms with Crippen molar-refractivity contribution >= 4 is 44.6 Å². The number of hydrogen-bond acceptors (Lipinski definition) is 5. The summed E-state index contributed by atoms with van der Waals surface area (Å²) in [6.45, 7) is 2.07. The Morgan fingerprint density at radius 1 is 1.17 bits per heavy atom. The molecule has 0 radical (unpaired) electrons. The quantitative estimate of drug-likeness (QED) is 0.566. The summed E-state index contributed by atoms with van der Waals surface area (Å²) in [5.74, 6) is -0.111. The fourth-order valence-electron chi connectivity index (χ4n) is 2.68. The van der Waals surface area contributed by atoms with Gasteiger partial charge in [0, 0.05) is 35.8 Å². The molecule has 152 valence electrons. The second-order valence-electron chi connectivity index (χ2n) is 6.30. The summed E-state index contributed by atoms with van der Waals surface area (Å²) >= 11 is 7.18. The van der Waals surface area contributed by atoms with E-state index in [0.717, 1.165) is 10.4 Å². The highest BCUT2D eigenvalue weighted by Crippen LogP contribution is 2.31. The zero-order valence-electron chi connectivity index (χ0n) is 15.7. The minimum absolute atomic E-state index is 0.111. The first-order valence-corrected chi connectivity index (χ1v) is 11.5. The van der Waals surface area contributed by atoms with Gasteiger partial charge < -0.3 is 5.32 Å². The van der Waals surface area contributed by atoms with Crippen molar-refractivity contribution in [2.45, 2.75) is 24.1 Å². The van der Waals surface area contributed by atoms with E-state index in [0.29, 0.717) is 23.7 Å². The van der Waals surface area contributed by atoms with Crippen molar-refractivity contribution in [1.82, 2.24) is 10.3 Å². The first-order chi connectivity index (χ1) is 13.9. The summed E-state index contributed by atoms with van der Waals surface area (Å²) < 4.78 is 28.5. The van der Waals surface area contributed by atoms with Crippen LogP contribution in [0.3, 0.4) is 0 Å². The summed E-state index contributed by atoms with van der Waals surface area (Å²) in [4.78, 5) is 16.0. The predicted molar refractivity (Wildman–Crippen MR) is 116 cm³/mol. The minimum atomic E-state index is -3.79. The molecule has 1 aromatic carbocycles. The van der Waals surface area contributed by atoms with Crippen molar-refractivity contribution < 1.29 is 13.2 Å². The topological polar surface area (TPSA) is 79.4 Å². The Morgan fingerprint density at radius 2 is 1.93 bits per heavy atom. The molecule has 29 heavy (non-hydrogen) atoms. The number of sulfonamides is 1. The molecule has 0 bridgehead atoms. The summed E-state index contributed by atoms with van der Waals surface area (Å²) in [6, 6.07) is 13.7. The zero-order valence-corrected chi connectivity index (χ0v) is 18.1. The van der Waals surface area contributed by atoms with E-state index in [2.05, 4.69) is 10.3 Å². The molecule has 0 fully saturated rings. The Kier molecular flexibility index (Phi) is 6.89. The molecule has 0 saturated carbocycles. The summed E-state index contributed by atoms with van der Waals surface area (Å²) in [6.07, 6.45) is 3.86. The molecule has 2 aromatic heterocycles. The molecule has 3 rings (SSSR count). The number of aromatic nitrogens is 1. The maximum atomic E-state index is 13.4. The molecular weight excluding hydrogens is 430 g/mol. The van der Waals surface area contributed by atoms with Gasteiger partial charge in [-0.05, 0) is 54.4 Å². The number of thiophene rings is 1. The van der Waals surface area contributed by atoms with Gasteiger partial charge >= 0.3 is 0 Å². The number of rotatable bonds is 8. The van der Waals surface area contributed by atoms with Gasteiger partial charge in [0.1, 0.15) is 4.21 Å². The summed E-state index contributed by atoms with van der Waals surface area (Å²) in [5.41, 5.74) is 1.29. The molecule has 1 N–H and O–H groups in total. The van der Waals surface area contributed by atoms with Gasteiger partial charge in [0.25, 0.3) is 10.0 Å². The minimum Gasteiger partial charge on any atom is -0.356 e. The number of pyridine rings is 1. The van der Waals surface area contributed by atoms with Crippen LogP contribution < -0.4 is 9.62 Å². The van der Waals surface area contributed by atoms with Crippen molar-refractivity contribution in [2.24, 2.45) is 0 Å². The number of hydrogen-bond donors (Lipinski definition) is 1. The molecule has 0 saturated heterocycles. The van der Waals surface area contributed by atoms with Crippen molar-refractivity contribution in [3.63, 3.8) is 0 Å². The van der Waals surface area contributed by atoms with Crippen molar-refractivity contribution in [2.75, 3.05) is 10.8 Å². The smallest absolute Gasteiger partial charge is 0.274 e. The Labute approximate surface area is 179 Å². The molecule has 2 heterocycles. The van der Waals surface area contributed by atoms with Gasteiger partial charge in [-0.25, -0.2) is 8.42 Å². The highest BCUT2D eigenvalue weighted by atomic mass is 35.5. The van der Waals surface area contributed by atoms with E-state index in [1.807, 2.05) is 6.07 Å². The second kappa shape index (κ2) is 9.39. The van der Waals surface area contributed by atoms with Gasteiger partial charge in [-0.1, -0.05) is 17.7 Å². The van der Waals surface area contributed by atoms with Crippen LogP contribution in [-0.2, 0) is 27.8 Å². The lowest BCUT2D eigenvalue weighted by molar-refractivity contribution is -0.118. The Bertz CT molecular complexity index is 1070. The Balaban J connectivity index is 1.90. The van der Waals surface area contributed by atoms with Gasteiger partial charge in [0.15, 0.2) is 0 Å². The van der Waals surface area contributed by atoms with Crippen LogP contribution in [0.2, 0.25) is 5.02 Å². The molecule has 0 unspecified atom stereocenters. The molecule has 0 spiro atoms. The van der Waals surface area contributed by atoms with Crippen LogP contribution in [0.4, 0.5) is 5.69 Å². The molecular formula is C20H20ClN3O3S2. The second-order valence-corrected chi connectivity index (χ2v) is 10.00. The van der Waals surface area contributed by atoms with Gasteiger partial charge in [0.2, 0.25) is 5.91 Å². The van der Waals surface area contributed by atoms with Gasteiger partial charge in [0.05, 0.1) is 12.2 Å². The highest BCUT2D eigenvalue weighted by Gasteiger charge is 2.27. The van der Waals surface area contributed by atoms with Gasteiger partial charge in [-0.3, -0.25) is 14.1 Å². The molecule has 6 nitrogen and oxygen atoms in total. The lowest BCUT2D eigenvalue weighted by atomic mass is 10.2. The normalized spacial score (nSPS) is 11.2. The van der Waals surface area contributed by atoms with Crippen LogP contribution in [0, 0.1) is 0 Å². The van der Waals surface area contributed by atoms with Gasteiger partial charge in [-0.15, -0.1) is 11.3 Å². The molecule has 9 heteroatoms. The van der Waals surface area contributed by atoms with Crippen LogP contribution >= 0.6 is 22.9 Å². The lowest BCUT2D eigenvalue weighted by Crippen LogP contribution is -2.30. The molecule has 0 aliphatic carbocycles.